The minimum absolute atomic E-state index is 0.323. The average Bonchev–Trinajstić information content (AvgIpc) is 2.61. The zero-order chi connectivity index (χ0) is 11.9. The highest BCUT2D eigenvalue weighted by Crippen LogP contribution is 2.30. The first kappa shape index (κ1) is 11.1. The molecular weight excluding hydrogens is 216 g/mol. The molecule has 0 aliphatic carbocycles. The van der Waals surface area contributed by atoms with Gasteiger partial charge < -0.3 is 10.7 Å². The van der Waals surface area contributed by atoms with E-state index >= 15 is 0 Å². The summed E-state index contributed by atoms with van der Waals surface area (Å²) in [7, 11) is 1.76. The van der Waals surface area contributed by atoms with Crippen LogP contribution in [0.25, 0.3) is 10.9 Å². The normalized spacial score (nSPS) is 12.2. The monoisotopic (exact) mass is 226 g/mol. The van der Waals surface area contributed by atoms with Crippen LogP contribution in [0, 0.1) is 0 Å². The average molecular weight is 226 g/mol. The molecule has 1 heterocycles. The maximum absolute atomic E-state index is 12.5. The Balaban J connectivity index is 2.66. The van der Waals surface area contributed by atoms with Crippen molar-refractivity contribution in [2.75, 3.05) is 0 Å². The fourth-order valence-corrected chi connectivity index (χ4v) is 1.77. The van der Waals surface area contributed by atoms with E-state index in [2.05, 4.69) is 4.98 Å². The fraction of sp³-hybridized carbons (Fsp3) is 0.200. The van der Waals surface area contributed by atoms with Crippen LogP contribution in [0.1, 0.15) is 11.3 Å². The first-order chi connectivity index (χ1) is 7.41. The standard InChI is InChI=1S/C10H10BF3N2/c11-7-2-5(4-15)1-6-3-8(10(12,13)14)16-9(6)7/h1-3,16H,4,11,15H2. The molecule has 0 amide bonds. The van der Waals surface area contributed by atoms with Crippen molar-refractivity contribution in [3.8, 4) is 0 Å². The number of benzene rings is 1. The molecule has 0 saturated heterocycles. The Bertz CT molecular complexity index is 531. The fourth-order valence-electron chi connectivity index (χ4n) is 1.77. The van der Waals surface area contributed by atoms with E-state index in [0.717, 1.165) is 17.1 Å². The molecule has 2 nitrogen and oxygen atoms in total. The van der Waals surface area contributed by atoms with Crippen molar-refractivity contribution >= 4 is 24.2 Å². The van der Waals surface area contributed by atoms with Crippen LogP contribution < -0.4 is 11.2 Å². The molecule has 84 valence electrons. The van der Waals surface area contributed by atoms with Crippen molar-refractivity contribution in [3.05, 3.63) is 29.5 Å². The maximum Gasteiger partial charge on any atom is 0.431 e. The first-order valence-corrected chi connectivity index (χ1v) is 4.81. The molecule has 0 aliphatic heterocycles. The second kappa shape index (κ2) is 3.55. The predicted molar refractivity (Wildman–Crippen MR) is 59.4 cm³/mol. The van der Waals surface area contributed by atoms with Crippen LogP contribution in [-0.2, 0) is 12.7 Å². The maximum atomic E-state index is 12.5. The molecule has 1 aromatic carbocycles. The van der Waals surface area contributed by atoms with Gasteiger partial charge in [-0.2, -0.15) is 13.2 Å². The Morgan fingerprint density at radius 2 is 1.94 bits per heavy atom. The second-order valence-corrected chi connectivity index (χ2v) is 3.76. The molecule has 2 aromatic rings. The molecular formula is C10H10BF3N2. The van der Waals surface area contributed by atoms with E-state index in [9.17, 15) is 13.2 Å². The van der Waals surface area contributed by atoms with Gasteiger partial charge in [-0.15, -0.1) is 0 Å². The predicted octanol–water partition coefficient (Wildman–Crippen LogP) is 0.904. The Morgan fingerprint density at radius 3 is 2.50 bits per heavy atom. The third-order valence-corrected chi connectivity index (χ3v) is 2.53. The number of H-pyrrole nitrogens is 1. The summed E-state index contributed by atoms with van der Waals surface area (Å²) in [6.45, 7) is 0.323. The smallest absolute Gasteiger partial charge is 0.351 e. The minimum atomic E-state index is -4.34. The number of nitrogens with one attached hydrogen (secondary N) is 1. The van der Waals surface area contributed by atoms with Crippen LogP contribution in [0.15, 0.2) is 18.2 Å². The Kier molecular flexibility index (Phi) is 2.46. The molecule has 0 bridgehead atoms. The van der Waals surface area contributed by atoms with E-state index < -0.39 is 11.9 Å². The SMILES string of the molecule is Bc1cc(CN)cc2cc(C(F)(F)F)[nH]c12. The van der Waals surface area contributed by atoms with E-state index in [1.165, 1.54) is 0 Å². The summed E-state index contributed by atoms with van der Waals surface area (Å²) in [6, 6.07) is 4.58. The molecule has 6 heteroatoms. The Hall–Kier alpha value is -1.43. The van der Waals surface area contributed by atoms with E-state index in [0.29, 0.717) is 17.4 Å². The third kappa shape index (κ3) is 1.80. The highest BCUT2D eigenvalue weighted by molar-refractivity contribution is 6.38. The molecule has 0 saturated carbocycles. The van der Waals surface area contributed by atoms with Crippen LogP contribution in [0.4, 0.5) is 13.2 Å². The molecule has 0 aliphatic rings. The minimum Gasteiger partial charge on any atom is -0.351 e. The number of fused-ring (bicyclic) bond motifs is 1. The van der Waals surface area contributed by atoms with Gasteiger partial charge in [0.15, 0.2) is 0 Å². The molecule has 0 unspecified atom stereocenters. The number of aromatic nitrogens is 1. The summed E-state index contributed by atoms with van der Waals surface area (Å²) in [6.07, 6.45) is -4.34. The molecule has 0 fully saturated rings. The van der Waals surface area contributed by atoms with E-state index in [1.807, 2.05) is 0 Å². The number of hydrogen-bond acceptors (Lipinski definition) is 1. The lowest BCUT2D eigenvalue weighted by molar-refractivity contribution is -0.140. The largest absolute Gasteiger partial charge is 0.431 e. The summed E-state index contributed by atoms with van der Waals surface area (Å²) < 4.78 is 37.5. The molecule has 3 N–H and O–H groups in total. The molecule has 0 spiro atoms. The number of aromatic amines is 1. The summed E-state index contributed by atoms with van der Waals surface area (Å²) in [5, 5.41) is 0.549. The number of nitrogens with two attached hydrogens (primary N) is 1. The zero-order valence-electron chi connectivity index (χ0n) is 8.65. The molecule has 1 aromatic heterocycles. The highest BCUT2D eigenvalue weighted by atomic mass is 19.4. The summed E-state index contributed by atoms with van der Waals surface area (Å²) in [5.41, 5.74) is 6.87. The first-order valence-electron chi connectivity index (χ1n) is 4.81. The number of rotatable bonds is 1. The van der Waals surface area contributed by atoms with Crippen LogP contribution >= 0.6 is 0 Å². The lowest BCUT2D eigenvalue weighted by atomic mass is 9.92. The number of halogens is 3. The van der Waals surface area contributed by atoms with Crippen LogP contribution in [-0.4, -0.2) is 12.8 Å². The van der Waals surface area contributed by atoms with Gasteiger partial charge in [-0.25, -0.2) is 0 Å². The van der Waals surface area contributed by atoms with Crippen molar-refractivity contribution in [1.82, 2.24) is 4.98 Å². The van der Waals surface area contributed by atoms with Gasteiger partial charge in [0, 0.05) is 12.1 Å². The van der Waals surface area contributed by atoms with Gasteiger partial charge >= 0.3 is 6.18 Å². The molecule has 16 heavy (non-hydrogen) atoms. The van der Waals surface area contributed by atoms with Crippen molar-refractivity contribution in [2.24, 2.45) is 5.73 Å². The van der Waals surface area contributed by atoms with Gasteiger partial charge in [0.2, 0.25) is 0 Å². The van der Waals surface area contributed by atoms with Crippen molar-refractivity contribution in [2.45, 2.75) is 12.7 Å². The Labute approximate surface area is 91.0 Å². The van der Waals surface area contributed by atoms with E-state index in [1.54, 1.807) is 20.0 Å². The summed E-state index contributed by atoms with van der Waals surface area (Å²) >= 11 is 0. The number of alkyl halides is 3. The van der Waals surface area contributed by atoms with Gasteiger partial charge in [0.1, 0.15) is 13.5 Å². The quantitative estimate of drug-likeness (QED) is 0.697. The highest BCUT2D eigenvalue weighted by Gasteiger charge is 2.32. The van der Waals surface area contributed by atoms with Crippen molar-refractivity contribution in [3.63, 3.8) is 0 Å². The van der Waals surface area contributed by atoms with Crippen LogP contribution in [0.3, 0.4) is 0 Å². The molecule has 2 rings (SSSR count). The van der Waals surface area contributed by atoms with Crippen LogP contribution in [0.2, 0.25) is 0 Å². The van der Waals surface area contributed by atoms with Crippen LogP contribution in [0.5, 0.6) is 0 Å². The summed E-state index contributed by atoms with van der Waals surface area (Å²) in [5.74, 6) is 0. The van der Waals surface area contributed by atoms with Crippen molar-refractivity contribution in [1.29, 1.82) is 0 Å². The zero-order valence-corrected chi connectivity index (χ0v) is 8.65. The van der Waals surface area contributed by atoms with Gasteiger partial charge in [-0.1, -0.05) is 11.5 Å². The lowest BCUT2D eigenvalue weighted by Gasteiger charge is -2.02. The van der Waals surface area contributed by atoms with Crippen molar-refractivity contribution < 1.29 is 13.2 Å². The lowest BCUT2D eigenvalue weighted by Crippen LogP contribution is -2.09. The molecule has 0 atom stereocenters. The Morgan fingerprint density at radius 1 is 1.25 bits per heavy atom. The van der Waals surface area contributed by atoms with E-state index in [-0.39, 0.29) is 0 Å². The van der Waals surface area contributed by atoms with Gasteiger partial charge in [0.05, 0.1) is 0 Å². The third-order valence-electron chi connectivity index (χ3n) is 2.53. The summed E-state index contributed by atoms with van der Waals surface area (Å²) in [4.78, 5) is 2.39. The molecule has 0 radical (unpaired) electrons. The number of hydrogen-bond donors (Lipinski definition) is 2. The van der Waals surface area contributed by atoms with Gasteiger partial charge in [-0.05, 0) is 23.1 Å². The topological polar surface area (TPSA) is 41.8 Å². The van der Waals surface area contributed by atoms with Gasteiger partial charge in [0.25, 0.3) is 0 Å². The second-order valence-electron chi connectivity index (χ2n) is 3.76. The van der Waals surface area contributed by atoms with E-state index in [4.69, 9.17) is 5.73 Å². The van der Waals surface area contributed by atoms with Gasteiger partial charge in [-0.3, -0.25) is 0 Å².